The van der Waals surface area contributed by atoms with Crippen molar-refractivity contribution in [1.82, 2.24) is 20.1 Å². The van der Waals surface area contributed by atoms with Gasteiger partial charge in [-0.2, -0.15) is 5.10 Å². The first-order chi connectivity index (χ1) is 14.9. The summed E-state index contributed by atoms with van der Waals surface area (Å²) in [4.78, 5) is 30.0. The van der Waals surface area contributed by atoms with Crippen molar-refractivity contribution >= 4 is 23.3 Å². The molecule has 0 radical (unpaired) electrons. The second-order valence-corrected chi connectivity index (χ2v) is 8.04. The Hall–Kier alpha value is -3.33. The summed E-state index contributed by atoms with van der Waals surface area (Å²) in [6.45, 7) is 0. The molecule has 0 spiro atoms. The summed E-state index contributed by atoms with van der Waals surface area (Å²) >= 11 is 6.28. The van der Waals surface area contributed by atoms with Gasteiger partial charge in [-0.05, 0) is 43.0 Å². The maximum atomic E-state index is 14.8. The predicted octanol–water partition coefficient (Wildman–Crippen LogP) is 4.06. The smallest absolute Gasteiger partial charge is 0.313 e. The van der Waals surface area contributed by atoms with E-state index in [0.717, 1.165) is 24.2 Å². The Morgan fingerprint density at radius 1 is 1.19 bits per heavy atom. The van der Waals surface area contributed by atoms with Crippen molar-refractivity contribution < 1.29 is 13.6 Å². The fraction of sp³-hybridized carbons (Fsp3) is 0.238. The number of fused-ring (bicyclic) bond motifs is 4. The van der Waals surface area contributed by atoms with Gasteiger partial charge in [-0.25, -0.2) is 18.7 Å². The van der Waals surface area contributed by atoms with Gasteiger partial charge in [0.1, 0.15) is 11.6 Å². The number of benzene rings is 1. The van der Waals surface area contributed by atoms with E-state index in [1.54, 1.807) is 4.90 Å². The van der Waals surface area contributed by atoms with Gasteiger partial charge in [0.25, 0.3) is 5.56 Å². The highest BCUT2D eigenvalue weighted by atomic mass is 35.5. The molecule has 0 aliphatic carbocycles. The molecule has 5 rings (SSSR count). The fourth-order valence-corrected chi connectivity index (χ4v) is 4.69. The van der Waals surface area contributed by atoms with Crippen LogP contribution < -0.4 is 10.9 Å². The van der Waals surface area contributed by atoms with Crippen LogP contribution in [0, 0.1) is 11.6 Å². The molecular formula is C21H16ClF2N5O2. The Morgan fingerprint density at radius 3 is 2.84 bits per heavy atom. The lowest BCUT2D eigenvalue weighted by atomic mass is 9.99. The van der Waals surface area contributed by atoms with Gasteiger partial charge < -0.3 is 10.2 Å². The Balaban J connectivity index is 1.42. The van der Waals surface area contributed by atoms with Crippen LogP contribution in [0.1, 0.15) is 30.1 Å². The number of carbonyl (C=O) groups excluding carboxylic acids is 1. The SMILES string of the molecule is O=C(Nc1cc(Cl)c(-c2cncc(F)c2)cc1F)N1[C@H]2CC[C@@H]1c1n[nH]c(=O)cc1C2. The maximum absolute atomic E-state index is 14.8. The Bertz CT molecular complexity index is 1260. The van der Waals surface area contributed by atoms with Gasteiger partial charge in [-0.15, -0.1) is 0 Å². The zero-order chi connectivity index (χ0) is 21.7. The molecule has 2 aliphatic heterocycles. The van der Waals surface area contributed by atoms with E-state index in [1.165, 1.54) is 24.4 Å². The Morgan fingerprint density at radius 2 is 2.03 bits per heavy atom. The van der Waals surface area contributed by atoms with E-state index in [2.05, 4.69) is 20.5 Å². The second kappa shape index (κ2) is 7.42. The van der Waals surface area contributed by atoms with E-state index in [0.29, 0.717) is 24.1 Å². The standard InChI is InChI=1S/C21H16ClF2N5O2/c22-15-7-17(16(24)6-14(15)11-3-12(23)9-25-8-11)26-21(31)29-13-1-2-18(29)20-10(4-13)5-19(30)27-28-20/h3,5-9,13,18H,1-2,4H2,(H,26,31)(H,27,30)/t13-,18+/m0/s1. The van der Waals surface area contributed by atoms with E-state index < -0.39 is 17.7 Å². The van der Waals surface area contributed by atoms with Gasteiger partial charge in [0.05, 0.1) is 28.6 Å². The Labute approximate surface area is 180 Å². The average Bonchev–Trinajstić information content (AvgIpc) is 3.05. The third kappa shape index (κ3) is 3.44. The van der Waals surface area contributed by atoms with Crippen LogP contribution in [0.3, 0.4) is 0 Å². The Kier molecular flexibility index (Phi) is 4.70. The molecule has 2 bridgehead atoms. The number of pyridine rings is 1. The molecule has 0 saturated carbocycles. The number of urea groups is 1. The zero-order valence-corrected chi connectivity index (χ0v) is 16.8. The number of rotatable bonds is 2. The topological polar surface area (TPSA) is 91.0 Å². The van der Waals surface area contributed by atoms with Crippen molar-refractivity contribution in [3.8, 4) is 11.1 Å². The first-order valence-corrected chi connectivity index (χ1v) is 10.1. The van der Waals surface area contributed by atoms with Crippen LogP contribution in [0.4, 0.5) is 19.3 Å². The molecule has 2 atom stereocenters. The molecule has 0 unspecified atom stereocenters. The number of aromatic amines is 1. The summed E-state index contributed by atoms with van der Waals surface area (Å²) in [7, 11) is 0. The molecule has 1 fully saturated rings. The van der Waals surface area contributed by atoms with Crippen LogP contribution in [0.15, 0.2) is 41.5 Å². The number of aromatic nitrogens is 3. The zero-order valence-electron chi connectivity index (χ0n) is 16.0. The third-order valence-corrected chi connectivity index (χ3v) is 6.06. The monoisotopic (exact) mass is 443 g/mol. The summed E-state index contributed by atoms with van der Waals surface area (Å²) in [6, 6.07) is 4.29. The van der Waals surface area contributed by atoms with Gasteiger partial charge in [-0.3, -0.25) is 9.78 Å². The normalized spacial score (nSPS) is 19.3. The first kappa shape index (κ1) is 19.6. The lowest BCUT2D eigenvalue weighted by Crippen LogP contribution is -2.45. The molecule has 2 aromatic heterocycles. The molecule has 158 valence electrons. The van der Waals surface area contributed by atoms with Crippen molar-refractivity contribution in [2.75, 3.05) is 5.32 Å². The molecule has 2 aliphatic rings. The molecule has 3 aromatic rings. The van der Waals surface area contributed by atoms with Crippen LogP contribution >= 0.6 is 11.6 Å². The molecule has 10 heteroatoms. The van der Waals surface area contributed by atoms with E-state index in [1.807, 2.05) is 0 Å². The van der Waals surface area contributed by atoms with Gasteiger partial charge in [-0.1, -0.05) is 11.6 Å². The first-order valence-electron chi connectivity index (χ1n) is 9.68. The highest BCUT2D eigenvalue weighted by molar-refractivity contribution is 6.33. The number of carbonyl (C=O) groups is 1. The number of hydrogen-bond donors (Lipinski definition) is 2. The van der Waals surface area contributed by atoms with Crippen LogP contribution in [0.5, 0.6) is 0 Å². The minimum Gasteiger partial charge on any atom is -0.313 e. The van der Waals surface area contributed by atoms with Crippen molar-refractivity contribution in [2.45, 2.75) is 31.3 Å². The van der Waals surface area contributed by atoms with Crippen molar-refractivity contribution in [1.29, 1.82) is 0 Å². The van der Waals surface area contributed by atoms with Gasteiger partial charge in [0.2, 0.25) is 0 Å². The molecule has 1 saturated heterocycles. The number of H-pyrrole nitrogens is 1. The third-order valence-electron chi connectivity index (χ3n) is 5.74. The minimum atomic E-state index is -0.704. The lowest BCUT2D eigenvalue weighted by molar-refractivity contribution is 0.177. The number of nitrogens with one attached hydrogen (secondary N) is 2. The molecular weight excluding hydrogens is 428 g/mol. The fourth-order valence-electron chi connectivity index (χ4n) is 4.42. The molecule has 4 heterocycles. The highest BCUT2D eigenvalue weighted by Gasteiger charge is 2.44. The number of halogens is 3. The average molecular weight is 444 g/mol. The van der Waals surface area contributed by atoms with Gasteiger partial charge >= 0.3 is 6.03 Å². The summed E-state index contributed by atoms with van der Waals surface area (Å²) in [5, 5.41) is 9.29. The lowest BCUT2D eigenvalue weighted by Gasteiger charge is -2.35. The number of nitrogens with zero attached hydrogens (tertiary/aromatic N) is 3. The van der Waals surface area contributed by atoms with Gasteiger partial charge in [0.15, 0.2) is 0 Å². The summed E-state index contributed by atoms with van der Waals surface area (Å²) in [5.74, 6) is -1.27. The van der Waals surface area contributed by atoms with Crippen LogP contribution in [0.2, 0.25) is 5.02 Å². The maximum Gasteiger partial charge on any atom is 0.322 e. The molecule has 2 N–H and O–H groups in total. The van der Waals surface area contributed by atoms with E-state index in [4.69, 9.17) is 11.6 Å². The van der Waals surface area contributed by atoms with Gasteiger partial charge in [0, 0.05) is 29.4 Å². The second-order valence-electron chi connectivity index (χ2n) is 7.63. The predicted molar refractivity (Wildman–Crippen MR) is 110 cm³/mol. The van der Waals surface area contributed by atoms with E-state index >= 15 is 0 Å². The van der Waals surface area contributed by atoms with Crippen molar-refractivity contribution in [3.63, 3.8) is 0 Å². The highest BCUT2D eigenvalue weighted by Crippen LogP contribution is 2.42. The van der Waals surface area contributed by atoms with Crippen LogP contribution in [-0.4, -0.2) is 32.2 Å². The number of amides is 2. The quantitative estimate of drug-likeness (QED) is 0.625. The number of hydrogen-bond acceptors (Lipinski definition) is 4. The summed E-state index contributed by atoms with van der Waals surface area (Å²) < 4.78 is 28.2. The summed E-state index contributed by atoms with van der Waals surface area (Å²) in [6.07, 6.45) is 4.40. The number of anilines is 1. The van der Waals surface area contributed by atoms with Crippen LogP contribution in [0.25, 0.3) is 11.1 Å². The molecule has 1 aromatic carbocycles. The molecule has 31 heavy (non-hydrogen) atoms. The van der Waals surface area contributed by atoms with Crippen molar-refractivity contribution in [3.05, 3.63) is 74.9 Å². The van der Waals surface area contributed by atoms with E-state index in [9.17, 15) is 18.4 Å². The minimum absolute atomic E-state index is 0.0808. The molecule has 7 nitrogen and oxygen atoms in total. The van der Waals surface area contributed by atoms with Crippen LogP contribution in [-0.2, 0) is 6.42 Å². The van der Waals surface area contributed by atoms with E-state index in [-0.39, 0.29) is 33.9 Å². The molecule has 2 amide bonds. The largest absolute Gasteiger partial charge is 0.322 e. The summed E-state index contributed by atoms with van der Waals surface area (Å²) in [5.41, 5.74) is 1.74. The van der Waals surface area contributed by atoms with Crippen molar-refractivity contribution in [2.24, 2.45) is 0 Å².